The van der Waals surface area contributed by atoms with E-state index in [0.717, 1.165) is 24.3 Å². The summed E-state index contributed by atoms with van der Waals surface area (Å²) in [6.07, 6.45) is 8.26. The normalized spacial score (nSPS) is 28.6. The zero-order chi connectivity index (χ0) is 13.5. The van der Waals surface area contributed by atoms with E-state index < -0.39 is 0 Å². The first-order chi connectivity index (χ1) is 9.83. The number of nitrogens with zero attached hydrogens (tertiary/aromatic N) is 1. The van der Waals surface area contributed by atoms with Crippen LogP contribution >= 0.6 is 0 Å². The number of aromatic nitrogens is 1. The molecular formula is C18H24N2. The van der Waals surface area contributed by atoms with Crippen molar-refractivity contribution in [2.45, 2.75) is 38.8 Å². The molecule has 2 bridgehead atoms. The average molecular weight is 268 g/mol. The highest BCUT2D eigenvalue weighted by Gasteiger charge is 2.39. The lowest BCUT2D eigenvalue weighted by atomic mass is 9.89. The maximum Gasteiger partial charge on any atom is 0.0483 e. The summed E-state index contributed by atoms with van der Waals surface area (Å²) in [7, 11) is 2.01. The van der Waals surface area contributed by atoms with Gasteiger partial charge >= 0.3 is 0 Å². The minimum absolute atomic E-state index is 0.928. The molecule has 1 N–H and O–H groups in total. The van der Waals surface area contributed by atoms with Crippen molar-refractivity contribution < 1.29 is 0 Å². The first-order valence-electron chi connectivity index (χ1n) is 8.06. The van der Waals surface area contributed by atoms with Crippen LogP contribution in [0.3, 0.4) is 0 Å². The number of nitrogens with one attached hydrogen (secondary N) is 1. The van der Waals surface area contributed by atoms with Gasteiger partial charge in [0.05, 0.1) is 0 Å². The molecule has 0 spiro atoms. The molecular weight excluding hydrogens is 244 g/mol. The van der Waals surface area contributed by atoms with E-state index in [0.29, 0.717) is 0 Å². The molecule has 0 amide bonds. The fourth-order valence-electron chi connectivity index (χ4n) is 4.56. The number of hydrogen-bond acceptors (Lipinski definition) is 1. The van der Waals surface area contributed by atoms with Crippen LogP contribution in [0.4, 0.5) is 0 Å². The Morgan fingerprint density at radius 2 is 2.15 bits per heavy atom. The maximum atomic E-state index is 3.25. The highest BCUT2D eigenvalue weighted by Crippen LogP contribution is 2.49. The van der Waals surface area contributed by atoms with E-state index in [1.165, 1.54) is 48.7 Å². The first kappa shape index (κ1) is 12.5. The van der Waals surface area contributed by atoms with Gasteiger partial charge in [-0.15, -0.1) is 0 Å². The predicted octanol–water partition coefficient (Wildman–Crippen LogP) is 3.80. The van der Waals surface area contributed by atoms with Crippen LogP contribution in [-0.2, 0) is 13.1 Å². The quantitative estimate of drug-likeness (QED) is 0.892. The van der Waals surface area contributed by atoms with Gasteiger partial charge in [-0.25, -0.2) is 0 Å². The fourth-order valence-corrected chi connectivity index (χ4v) is 4.56. The zero-order valence-electron chi connectivity index (χ0n) is 12.3. The highest BCUT2D eigenvalue weighted by molar-refractivity contribution is 5.80. The van der Waals surface area contributed by atoms with Crippen LogP contribution in [0.1, 0.15) is 31.2 Å². The summed E-state index contributed by atoms with van der Waals surface area (Å²) < 4.78 is 2.50. The summed E-state index contributed by atoms with van der Waals surface area (Å²) in [5, 5.41) is 4.63. The standard InChI is InChI=1S/C18H24N2/c1-19-11-14-3-4-15-6-7-20(18(15)10-14)12-17-9-13-2-5-16(17)8-13/h3-4,6-7,10,13,16-17,19H,2,5,8-9,11-12H2,1H3. The molecule has 4 rings (SSSR count). The molecule has 0 aliphatic heterocycles. The van der Waals surface area contributed by atoms with Crippen molar-refractivity contribution >= 4 is 10.9 Å². The van der Waals surface area contributed by atoms with Crippen LogP contribution in [-0.4, -0.2) is 11.6 Å². The van der Waals surface area contributed by atoms with Crippen molar-refractivity contribution in [1.82, 2.24) is 9.88 Å². The number of hydrogen-bond donors (Lipinski definition) is 1. The van der Waals surface area contributed by atoms with Gasteiger partial charge in [-0.1, -0.05) is 18.6 Å². The molecule has 3 atom stereocenters. The lowest BCUT2D eigenvalue weighted by molar-refractivity contribution is 0.299. The van der Waals surface area contributed by atoms with Gasteiger partial charge < -0.3 is 9.88 Å². The molecule has 1 aromatic heterocycles. The molecule has 2 aliphatic rings. The lowest BCUT2D eigenvalue weighted by Gasteiger charge is -2.22. The molecule has 1 aromatic carbocycles. The summed E-state index contributed by atoms with van der Waals surface area (Å²) in [4.78, 5) is 0. The third-order valence-electron chi connectivity index (χ3n) is 5.53. The van der Waals surface area contributed by atoms with Crippen LogP contribution < -0.4 is 5.32 Å². The molecule has 2 fully saturated rings. The summed E-state index contributed by atoms with van der Waals surface area (Å²) in [6, 6.07) is 9.13. The van der Waals surface area contributed by atoms with E-state index in [2.05, 4.69) is 40.3 Å². The minimum atomic E-state index is 0.928. The van der Waals surface area contributed by atoms with Crippen LogP contribution in [0, 0.1) is 17.8 Å². The molecule has 20 heavy (non-hydrogen) atoms. The molecule has 3 unspecified atom stereocenters. The van der Waals surface area contributed by atoms with E-state index in [-0.39, 0.29) is 0 Å². The van der Waals surface area contributed by atoms with Crippen LogP contribution in [0.15, 0.2) is 30.5 Å². The van der Waals surface area contributed by atoms with Gasteiger partial charge in [-0.3, -0.25) is 0 Å². The molecule has 106 valence electrons. The Kier molecular flexibility index (Phi) is 3.07. The molecule has 2 heteroatoms. The molecule has 2 nitrogen and oxygen atoms in total. The van der Waals surface area contributed by atoms with Gasteiger partial charge in [0.1, 0.15) is 0 Å². The summed E-state index contributed by atoms with van der Waals surface area (Å²) in [6.45, 7) is 2.18. The Hall–Kier alpha value is -1.28. The smallest absolute Gasteiger partial charge is 0.0483 e. The van der Waals surface area contributed by atoms with Crippen molar-refractivity contribution in [1.29, 1.82) is 0 Å². The summed E-state index contributed by atoms with van der Waals surface area (Å²) in [5.74, 6) is 2.99. The topological polar surface area (TPSA) is 17.0 Å². The molecule has 2 saturated carbocycles. The highest BCUT2D eigenvalue weighted by atomic mass is 15.0. The van der Waals surface area contributed by atoms with Gasteiger partial charge in [-0.2, -0.15) is 0 Å². The Morgan fingerprint density at radius 1 is 1.20 bits per heavy atom. The molecule has 2 aliphatic carbocycles. The monoisotopic (exact) mass is 268 g/mol. The average Bonchev–Trinajstić information content (AvgIpc) is 3.15. The van der Waals surface area contributed by atoms with Crippen molar-refractivity contribution in [2.24, 2.45) is 17.8 Å². The Morgan fingerprint density at radius 3 is 2.90 bits per heavy atom. The van der Waals surface area contributed by atoms with E-state index in [1.807, 2.05) is 7.05 Å². The van der Waals surface area contributed by atoms with Gasteiger partial charge in [-0.05, 0) is 67.1 Å². The van der Waals surface area contributed by atoms with Crippen LogP contribution in [0.25, 0.3) is 10.9 Å². The number of rotatable bonds is 4. The van der Waals surface area contributed by atoms with E-state index >= 15 is 0 Å². The molecule has 0 saturated heterocycles. The fraction of sp³-hybridized carbons (Fsp3) is 0.556. The third kappa shape index (κ3) is 2.07. The van der Waals surface area contributed by atoms with Crippen molar-refractivity contribution in [3.8, 4) is 0 Å². The van der Waals surface area contributed by atoms with Gasteiger partial charge in [0.25, 0.3) is 0 Å². The van der Waals surface area contributed by atoms with Gasteiger partial charge in [0.2, 0.25) is 0 Å². The van der Waals surface area contributed by atoms with Crippen molar-refractivity contribution in [2.75, 3.05) is 7.05 Å². The van der Waals surface area contributed by atoms with Crippen molar-refractivity contribution in [3.05, 3.63) is 36.0 Å². The molecule has 1 heterocycles. The van der Waals surface area contributed by atoms with Crippen molar-refractivity contribution in [3.63, 3.8) is 0 Å². The summed E-state index contributed by atoms with van der Waals surface area (Å²) in [5.41, 5.74) is 2.80. The third-order valence-corrected chi connectivity index (χ3v) is 5.53. The number of fused-ring (bicyclic) bond motifs is 3. The Labute approximate surface area is 121 Å². The van der Waals surface area contributed by atoms with E-state index in [1.54, 1.807) is 0 Å². The number of benzene rings is 1. The Bertz CT molecular complexity index is 613. The lowest BCUT2D eigenvalue weighted by Crippen LogP contribution is -2.16. The van der Waals surface area contributed by atoms with Gasteiger partial charge in [0.15, 0.2) is 0 Å². The summed E-state index contributed by atoms with van der Waals surface area (Å²) >= 11 is 0. The van der Waals surface area contributed by atoms with Crippen LogP contribution in [0.2, 0.25) is 0 Å². The predicted molar refractivity (Wildman–Crippen MR) is 83.6 cm³/mol. The zero-order valence-corrected chi connectivity index (χ0v) is 12.3. The first-order valence-corrected chi connectivity index (χ1v) is 8.06. The molecule has 0 radical (unpaired) electrons. The SMILES string of the molecule is CNCc1ccc2ccn(CC3CC4CCC3C4)c2c1. The second kappa shape index (κ2) is 4.92. The van der Waals surface area contributed by atoms with Gasteiger partial charge in [0, 0.05) is 24.8 Å². The Balaban J connectivity index is 1.60. The van der Waals surface area contributed by atoms with Crippen LogP contribution in [0.5, 0.6) is 0 Å². The second-order valence-corrected chi connectivity index (χ2v) is 6.83. The minimum Gasteiger partial charge on any atom is -0.347 e. The molecule has 2 aromatic rings. The maximum absolute atomic E-state index is 3.25. The largest absolute Gasteiger partial charge is 0.347 e. The van der Waals surface area contributed by atoms with E-state index in [9.17, 15) is 0 Å². The van der Waals surface area contributed by atoms with E-state index in [4.69, 9.17) is 0 Å². The second-order valence-electron chi connectivity index (χ2n) is 6.83.